The largest absolute Gasteiger partial charge is 0.399 e. The van der Waals surface area contributed by atoms with Crippen molar-refractivity contribution in [2.24, 2.45) is 5.92 Å². The van der Waals surface area contributed by atoms with Crippen molar-refractivity contribution in [3.8, 4) is 0 Å². The van der Waals surface area contributed by atoms with Crippen LogP contribution in [0.25, 0.3) is 0 Å². The molecule has 2 rings (SSSR count). The van der Waals surface area contributed by atoms with Crippen molar-refractivity contribution in [1.82, 2.24) is 4.90 Å². The molecule has 110 valence electrons. The van der Waals surface area contributed by atoms with Crippen molar-refractivity contribution in [3.63, 3.8) is 0 Å². The van der Waals surface area contributed by atoms with Crippen LogP contribution in [0.15, 0.2) is 24.3 Å². The maximum Gasteiger partial charge on any atom is 0.223 e. The van der Waals surface area contributed by atoms with Gasteiger partial charge in [0.25, 0.3) is 0 Å². The molecule has 3 atom stereocenters. The van der Waals surface area contributed by atoms with Gasteiger partial charge >= 0.3 is 0 Å². The molecule has 0 aliphatic carbocycles. The van der Waals surface area contributed by atoms with Gasteiger partial charge in [-0.25, -0.2) is 0 Å². The molecule has 1 amide bonds. The van der Waals surface area contributed by atoms with Crippen molar-refractivity contribution in [2.75, 3.05) is 18.9 Å². The van der Waals surface area contributed by atoms with Gasteiger partial charge in [0.05, 0.1) is 12.6 Å². The molecule has 1 fully saturated rings. The molecule has 0 radical (unpaired) electrons. The topological polar surface area (TPSA) is 66.6 Å². The zero-order valence-electron chi connectivity index (χ0n) is 12.2. The van der Waals surface area contributed by atoms with Gasteiger partial charge in [-0.05, 0) is 36.0 Å². The fraction of sp³-hybridized carbons (Fsp3) is 0.562. The number of aliphatic hydroxyl groups excluding tert-OH is 1. The zero-order valence-corrected chi connectivity index (χ0v) is 12.2. The van der Waals surface area contributed by atoms with E-state index in [-0.39, 0.29) is 24.5 Å². The molecule has 1 aromatic carbocycles. The third-order valence-electron chi connectivity index (χ3n) is 4.38. The minimum atomic E-state index is -0.0129. The molecule has 0 bridgehead atoms. The Labute approximate surface area is 120 Å². The zero-order chi connectivity index (χ0) is 14.7. The molecule has 1 aliphatic heterocycles. The van der Waals surface area contributed by atoms with E-state index in [1.165, 1.54) is 0 Å². The Balaban J connectivity index is 1.99. The van der Waals surface area contributed by atoms with Gasteiger partial charge in [0, 0.05) is 18.7 Å². The highest BCUT2D eigenvalue weighted by atomic mass is 16.3. The van der Waals surface area contributed by atoms with Crippen LogP contribution in [0.3, 0.4) is 0 Å². The van der Waals surface area contributed by atoms with Gasteiger partial charge in [-0.3, -0.25) is 4.79 Å². The fourth-order valence-electron chi connectivity index (χ4n) is 2.92. The quantitative estimate of drug-likeness (QED) is 0.827. The van der Waals surface area contributed by atoms with Crippen LogP contribution in [0.5, 0.6) is 0 Å². The Morgan fingerprint density at radius 2 is 2.10 bits per heavy atom. The molecular weight excluding hydrogens is 252 g/mol. The van der Waals surface area contributed by atoms with Gasteiger partial charge in [-0.2, -0.15) is 0 Å². The monoisotopic (exact) mass is 276 g/mol. The van der Waals surface area contributed by atoms with Gasteiger partial charge in [0.15, 0.2) is 0 Å². The summed E-state index contributed by atoms with van der Waals surface area (Å²) in [5, 5.41) is 9.43. The Morgan fingerprint density at radius 1 is 1.45 bits per heavy atom. The van der Waals surface area contributed by atoms with E-state index in [4.69, 9.17) is 5.73 Å². The van der Waals surface area contributed by atoms with Crippen LogP contribution in [0.1, 0.15) is 38.2 Å². The van der Waals surface area contributed by atoms with Crippen molar-refractivity contribution in [1.29, 1.82) is 0 Å². The van der Waals surface area contributed by atoms with E-state index in [9.17, 15) is 9.90 Å². The highest BCUT2D eigenvalue weighted by molar-refractivity contribution is 5.77. The Kier molecular flexibility index (Phi) is 4.65. The number of hydrogen-bond acceptors (Lipinski definition) is 3. The Hall–Kier alpha value is -1.55. The number of likely N-dealkylation sites (tertiary alicyclic amines) is 1. The van der Waals surface area contributed by atoms with Crippen LogP contribution >= 0.6 is 0 Å². The third kappa shape index (κ3) is 3.12. The smallest absolute Gasteiger partial charge is 0.223 e. The summed E-state index contributed by atoms with van der Waals surface area (Å²) in [6, 6.07) is 7.67. The Morgan fingerprint density at radius 3 is 2.70 bits per heavy atom. The number of carbonyl (C=O) groups excluding carboxylic acids is 1. The normalized spacial score (nSPS) is 23.9. The molecule has 20 heavy (non-hydrogen) atoms. The average molecular weight is 276 g/mol. The lowest BCUT2D eigenvalue weighted by Gasteiger charge is -2.26. The molecule has 1 aliphatic rings. The molecule has 1 heterocycles. The standard InChI is InChI=1S/C16H24N2O2/c1-11-7-8-18(15(11)10-19)16(20)9-12(2)13-3-5-14(17)6-4-13/h3-6,11-12,15,19H,7-10,17H2,1-2H3. The number of benzene rings is 1. The number of rotatable bonds is 4. The number of carbonyl (C=O) groups is 1. The van der Waals surface area contributed by atoms with E-state index in [0.717, 1.165) is 24.2 Å². The minimum Gasteiger partial charge on any atom is -0.399 e. The van der Waals surface area contributed by atoms with Crippen LogP contribution in [-0.4, -0.2) is 35.1 Å². The van der Waals surface area contributed by atoms with Crippen molar-refractivity contribution >= 4 is 11.6 Å². The van der Waals surface area contributed by atoms with Gasteiger partial charge < -0.3 is 15.7 Å². The molecule has 0 spiro atoms. The van der Waals surface area contributed by atoms with Crippen molar-refractivity contribution < 1.29 is 9.90 Å². The number of nitrogens with zero attached hydrogens (tertiary/aromatic N) is 1. The first-order valence-electron chi connectivity index (χ1n) is 7.28. The predicted octanol–water partition coefficient (Wildman–Crippen LogP) is 1.99. The summed E-state index contributed by atoms with van der Waals surface area (Å²) >= 11 is 0. The van der Waals surface area contributed by atoms with Crippen LogP contribution in [0, 0.1) is 5.92 Å². The summed E-state index contributed by atoms with van der Waals surface area (Å²) in [6.07, 6.45) is 1.46. The SMILES string of the molecule is CC(CC(=O)N1CCC(C)C1CO)c1ccc(N)cc1. The van der Waals surface area contributed by atoms with Gasteiger partial charge in [-0.1, -0.05) is 26.0 Å². The predicted molar refractivity (Wildman–Crippen MR) is 80.3 cm³/mol. The van der Waals surface area contributed by atoms with Crippen molar-refractivity contribution in [3.05, 3.63) is 29.8 Å². The van der Waals surface area contributed by atoms with E-state index in [0.29, 0.717) is 12.3 Å². The van der Waals surface area contributed by atoms with Crippen molar-refractivity contribution in [2.45, 2.75) is 38.6 Å². The number of aliphatic hydroxyl groups is 1. The first-order valence-corrected chi connectivity index (χ1v) is 7.28. The van der Waals surface area contributed by atoms with E-state index >= 15 is 0 Å². The van der Waals surface area contributed by atoms with Crippen LogP contribution in [0.2, 0.25) is 0 Å². The highest BCUT2D eigenvalue weighted by Gasteiger charge is 2.34. The maximum atomic E-state index is 12.4. The average Bonchev–Trinajstić information content (AvgIpc) is 2.80. The second-order valence-electron chi connectivity index (χ2n) is 5.87. The molecular formula is C16H24N2O2. The number of nitrogen functional groups attached to an aromatic ring is 1. The minimum absolute atomic E-state index is 0.0129. The van der Waals surface area contributed by atoms with Crippen LogP contribution in [-0.2, 0) is 4.79 Å². The molecule has 1 aromatic rings. The van der Waals surface area contributed by atoms with Crippen LogP contribution < -0.4 is 5.73 Å². The fourth-order valence-corrected chi connectivity index (χ4v) is 2.92. The molecule has 3 unspecified atom stereocenters. The summed E-state index contributed by atoms with van der Waals surface area (Å²) < 4.78 is 0. The first-order chi connectivity index (χ1) is 9.52. The third-order valence-corrected chi connectivity index (χ3v) is 4.38. The summed E-state index contributed by atoms with van der Waals surface area (Å²) in [5.41, 5.74) is 7.54. The summed E-state index contributed by atoms with van der Waals surface area (Å²) in [7, 11) is 0. The lowest BCUT2D eigenvalue weighted by atomic mass is 9.96. The summed E-state index contributed by atoms with van der Waals surface area (Å²) in [4.78, 5) is 14.2. The lowest BCUT2D eigenvalue weighted by molar-refractivity contribution is -0.133. The van der Waals surface area contributed by atoms with E-state index in [2.05, 4.69) is 13.8 Å². The van der Waals surface area contributed by atoms with E-state index in [1.807, 2.05) is 29.2 Å². The molecule has 4 nitrogen and oxygen atoms in total. The maximum absolute atomic E-state index is 12.4. The molecule has 3 N–H and O–H groups in total. The number of anilines is 1. The molecule has 0 aromatic heterocycles. The number of nitrogens with two attached hydrogens (primary N) is 1. The Bertz CT molecular complexity index is 458. The lowest BCUT2D eigenvalue weighted by Crippen LogP contribution is -2.40. The van der Waals surface area contributed by atoms with Gasteiger partial charge in [0.2, 0.25) is 5.91 Å². The molecule has 1 saturated heterocycles. The van der Waals surface area contributed by atoms with Crippen LogP contribution in [0.4, 0.5) is 5.69 Å². The summed E-state index contributed by atoms with van der Waals surface area (Å²) in [5.74, 6) is 0.687. The van der Waals surface area contributed by atoms with E-state index < -0.39 is 0 Å². The second-order valence-corrected chi connectivity index (χ2v) is 5.87. The number of amides is 1. The highest BCUT2D eigenvalue weighted by Crippen LogP contribution is 2.27. The summed E-state index contributed by atoms with van der Waals surface area (Å²) in [6.45, 7) is 4.97. The first kappa shape index (κ1) is 14.9. The number of hydrogen-bond donors (Lipinski definition) is 2. The van der Waals surface area contributed by atoms with E-state index in [1.54, 1.807) is 0 Å². The van der Waals surface area contributed by atoms with Gasteiger partial charge in [-0.15, -0.1) is 0 Å². The molecule has 0 saturated carbocycles. The van der Waals surface area contributed by atoms with Gasteiger partial charge in [0.1, 0.15) is 0 Å². The molecule has 4 heteroatoms. The second kappa shape index (κ2) is 6.27.